The van der Waals surface area contributed by atoms with Gasteiger partial charge in [0.15, 0.2) is 9.84 Å². The van der Waals surface area contributed by atoms with Gasteiger partial charge in [-0.3, -0.25) is 9.78 Å². The number of rotatable bonds is 5. The average molecular weight is 424 g/mol. The summed E-state index contributed by atoms with van der Waals surface area (Å²) in [6, 6.07) is 12.0. The van der Waals surface area contributed by atoms with E-state index in [1.54, 1.807) is 18.3 Å². The normalized spacial score (nSPS) is 17.2. The lowest BCUT2D eigenvalue weighted by molar-refractivity contribution is 0.0642. The number of benzene rings is 1. The zero-order valence-corrected chi connectivity index (χ0v) is 17.5. The number of nitrogens with one attached hydrogen (secondary N) is 1. The van der Waals surface area contributed by atoms with Gasteiger partial charge in [0, 0.05) is 24.1 Å². The van der Waals surface area contributed by atoms with Gasteiger partial charge in [0.1, 0.15) is 0 Å². The molecule has 1 atom stereocenters. The van der Waals surface area contributed by atoms with Crippen LogP contribution in [-0.4, -0.2) is 49.6 Å². The third-order valence-electron chi connectivity index (χ3n) is 4.81. The number of halogens is 1. The van der Waals surface area contributed by atoms with Crippen LogP contribution in [0, 0.1) is 0 Å². The molecule has 0 saturated carbocycles. The summed E-state index contributed by atoms with van der Waals surface area (Å²) in [6.45, 7) is 2.22. The van der Waals surface area contributed by atoms with Gasteiger partial charge in [0.2, 0.25) is 0 Å². The summed E-state index contributed by atoms with van der Waals surface area (Å²) in [5, 5.41) is 3.37. The Labute approximate surface area is 172 Å². The van der Waals surface area contributed by atoms with Crippen LogP contribution in [0.5, 0.6) is 0 Å². The second kappa shape index (κ2) is 10.0. The maximum atomic E-state index is 13.3. The van der Waals surface area contributed by atoms with Crippen LogP contribution in [0.1, 0.15) is 35.3 Å². The highest BCUT2D eigenvalue weighted by atomic mass is 35.5. The summed E-state index contributed by atoms with van der Waals surface area (Å²) in [7, 11) is -3.37. The van der Waals surface area contributed by atoms with E-state index in [4.69, 9.17) is 0 Å². The summed E-state index contributed by atoms with van der Waals surface area (Å²) < 4.78 is 23.7. The second-order valence-corrected chi connectivity index (χ2v) is 8.90. The maximum absolute atomic E-state index is 13.3. The van der Waals surface area contributed by atoms with Crippen LogP contribution in [0.25, 0.3) is 0 Å². The number of carbonyl (C=O) groups excluding carboxylic acids is 1. The fourth-order valence-corrected chi connectivity index (χ4v) is 4.04. The molecule has 6 nitrogen and oxygen atoms in total. The molecule has 1 aromatic carbocycles. The Morgan fingerprint density at radius 2 is 2.00 bits per heavy atom. The van der Waals surface area contributed by atoms with Crippen molar-refractivity contribution >= 4 is 28.2 Å². The Kier molecular flexibility index (Phi) is 7.98. The smallest absolute Gasteiger partial charge is 0.254 e. The first-order valence-electron chi connectivity index (χ1n) is 9.17. The van der Waals surface area contributed by atoms with Gasteiger partial charge in [-0.2, -0.15) is 0 Å². The lowest BCUT2D eigenvalue weighted by Crippen LogP contribution is -2.40. The minimum absolute atomic E-state index is 0. The Morgan fingerprint density at radius 3 is 2.71 bits per heavy atom. The summed E-state index contributed by atoms with van der Waals surface area (Å²) in [5.74, 6) is -0.155. The van der Waals surface area contributed by atoms with Crippen LogP contribution < -0.4 is 5.32 Å². The molecule has 2 aromatic rings. The summed E-state index contributed by atoms with van der Waals surface area (Å²) >= 11 is 0. The largest absolute Gasteiger partial charge is 0.330 e. The highest BCUT2D eigenvalue weighted by Gasteiger charge is 2.26. The predicted octanol–water partition coefficient (Wildman–Crippen LogP) is 2.69. The molecule has 0 bridgehead atoms. The molecule has 1 fully saturated rings. The first-order valence-corrected chi connectivity index (χ1v) is 11.1. The van der Waals surface area contributed by atoms with E-state index in [1.807, 2.05) is 23.1 Å². The molecule has 1 saturated heterocycles. The van der Waals surface area contributed by atoms with E-state index in [-0.39, 0.29) is 29.3 Å². The number of hydrogen-bond acceptors (Lipinski definition) is 5. The molecule has 1 aliphatic heterocycles. The Balaban J connectivity index is 0.00000280. The van der Waals surface area contributed by atoms with Gasteiger partial charge in [-0.15, -0.1) is 12.4 Å². The zero-order chi connectivity index (χ0) is 19.3. The van der Waals surface area contributed by atoms with Crippen molar-refractivity contribution in [3.05, 3.63) is 59.9 Å². The number of carbonyl (C=O) groups is 1. The molecule has 0 radical (unpaired) electrons. The van der Waals surface area contributed by atoms with Gasteiger partial charge < -0.3 is 10.2 Å². The minimum atomic E-state index is -3.37. The molecule has 1 amide bonds. The third-order valence-corrected chi connectivity index (χ3v) is 5.92. The number of aromatic nitrogens is 1. The van der Waals surface area contributed by atoms with Crippen molar-refractivity contribution in [3.8, 4) is 0 Å². The van der Waals surface area contributed by atoms with Crippen molar-refractivity contribution in [3.63, 3.8) is 0 Å². The molecule has 1 N–H and O–H groups in total. The number of hydrogen-bond donors (Lipinski definition) is 1. The molecule has 0 aliphatic carbocycles. The third kappa shape index (κ3) is 5.77. The quantitative estimate of drug-likeness (QED) is 0.799. The van der Waals surface area contributed by atoms with Gasteiger partial charge in [0.05, 0.1) is 17.1 Å². The van der Waals surface area contributed by atoms with Crippen molar-refractivity contribution in [1.82, 2.24) is 15.2 Å². The topological polar surface area (TPSA) is 79.4 Å². The Morgan fingerprint density at radius 1 is 1.18 bits per heavy atom. The molecule has 0 spiro atoms. The lowest BCUT2D eigenvalue weighted by Gasteiger charge is -2.31. The molecule has 8 heteroatoms. The Hall–Kier alpha value is -1.96. The van der Waals surface area contributed by atoms with Crippen molar-refractivity contribution in [2.45, 2.75) is 36.7 Å². The number of pyridine rings is 1. The SMILES string of the molecule is CS(=O)(=O)c1cccc(C(=O)N(Cc2ccccn2)C2CCCNCC2)c1.Cl. The second-order valence-electron chi connectivity index (χ2n) is 6.89. The van der Waals surface area contributed by atoms with Crippen LogP contribution in [0.3, 0.4) is 0 Å². The monoisotopic (exact) mass is 423 g/mol. The number of nitrogens with zero attached hydrogens (tertiary/aromatic N) is 2. The fourth-order valence-electron chi connectivity index (χ4n) is 3.37. The van der Waals surface area contributed by atoms with Gasteiger partial charge >= 0.3 is 0 Å². The molecular weight excluding hydrogens is 398 g/mol. The highest BCUT2D eigenvalue weighted by molar-refractivity contribution is 7.90. The maximum Gasteiger partial charge on any atom is 0.254 e. The van der Waals surface area contributed by atoms with Gasteiger partial charge in [-0.1, -0.05) is 12.1 Å². The highest BCUT2D eigenvalue weighted by Crippen LogP contribution is 2.21. The zero-order valence-electron chi connectivity index (χ0n) is 15.9. The van der Waals surface area contributed by atoms with Crippen LogP contribution >= 0.6 is 12.4 Å². The van der Waals surface area contributed by atoms with Crippen molar-refractivity contribution in [1.29, 1.82) is 0 Å². The first kappa shape index (κ1) is 22.3. The van der Waals surface area contributed by atoms with Gasteiger partial charge in [0.25, 0.3) is 5.91 Å². The van der Waals surface area contributed by atoms with Crippen LogP contribution in [0.15, 0.2) is 53.6 Å². The average Bonchev–Trinajstić information content (AvgIpc) is 2.95. The summed E-state index contributed by atoms with van der Waals surface area (Å²) in [6.07, 6.45) is 5.65. The van der Waals surface area contributed by atoms with E-state index >= 15 is 0 Å². The van der Waals surface area contributed by atoms with Crippen molar-refractivity contribution in [2.75, 3.05) is 19.3 Å². The van der Waals surface area contributed by atoms with Gasteiger partial charge in [-0.25, -0.2) is 8.42 Å². The summed E-state index contributed by atoms with van der Waals surface area (Å²) in [4.78, 5) is 19.7. The predicted molar refractivity (Wildman–Crippen MR) is 111 cm³/mol. The van der Waals surface area contributed by atoms with Crippen LogP contribution in [0.2, 0.25) is 0 Å². The standard InChI is InChI=1S/C20H25N3O3S.ClH/c1-27(25,26)19-9-4-6-16(14-19)20(24)23(15-17-7-2-3-12-22-17)18-8-5-11-21-13-10-18;/h2-4,6-7,9,12,14,18,21H,5,8,10-11,13,15H2,1H3;1H. The first-order chi connectivity index (χ1) is 12.9. The van der Waals surface area contributed by atoms with Crippen molar-refractivity contribution < 1.29 is 13.2 Å². The van der Waals surface area contributed by atoms with Gasteiger partial charge in [-0.05, 0) is 62.7 Å². The molecule has 3 rings (SSSR count). The number of sulfone groups is 1. The molecule has 2 heterocycles. The van der Waals surface area contributed by atoms with E-state index in [0.717, 1.165) is 44.3 Å². The minimum Gasteiger partial charge on any atom is -0.330 e. The van der Waals surface area contributed by atoms with E-state index in [2.05, 4.69) is 10.3 Å². The van der Waals surface area contributed by atoms with Crippen LogP contribution in [-0.2, 0) is 16.4 Å². The van der Waals surface area contributed by atoms with E-state index in [9.17, 15) is 13.2 Å². The fraction of sp³-hybridized carbons (Fsp3) is 0.400. The number of amides is 1. The molecule has 152 valence electrons. The lowest BCUT2D eigenvalue weighted by atomic mass is 10.0. The van der Waals surface area contributed by atoms with E-state index in [1.165, 1.54) is 12.1 Å². The molecule has 28 heavy (non-hydrogen) atoms. The Bertz CT molecular complexity index is 883. The van der Waals surface area contributed by atoms with Crippen LogP contribution in [0.4, 0.5) is 0 Å². The van der Waals surface area contributed by atoms with Crippen molar-refractivity contribution in [2.24, 2.45) is 0 Å². The molecule has 1 aliphatic rings. The van der Waals surface area contributed by atoms with E-state index in [0.29, 0.717) is 12.1 Å². The summed E-state index contributed by atoms with van der Waals surface area (Å²) in [5.41, 5.74) is 1.22. The van der Waals surface area contributed by atoms with E-state index < -0.39 is 9.84 Å². The molecule has 1 unspecified atom stereocenters. The molecule has 1 aromatic heterocycles. The molecular formula is C20H26ClN3O3S.